The third-order valence-electron chi connectivity index (χ3n) is 6.07. The van der Waals surface area contributed by atoms with Crippen LogP contribution < -0.4 is 5.32 Å². The number of likely N-dealkylation sites (tertiary alicyclic amines) is 1. The molecule has 2 amide bonds. The summed E-state index contributed by atoms with van der Waals surface area (Å²) in [5.74, 6) is 1.52. The van der Waals surface area contributed by atoms with Gasteiger partial charge in [-0.25, -0.2) is 0 Å². The van der Waals surface area contributed by atoms with Crippen LogP contribution in [-0.4, -0.2) is 35.8 Å². The third kappa shape index (κ3) is 3.75. The zero-order chi connectivity index (χ0) is 17.2. The van der Waals surface area contributed by atoms with Gasteiger partial charge in [-0.15, -0.1) is 0 Å². The molecule has 4 rings (SSSR count). The lowest BCUT2D eigenvalue weighted by atomic mass is 9.93. The van der Waals surface area contributed by atoms with Crippen molar-refractivity contribution in [2.45, 2.75) is 63.3 Å². The molecule has 1 N–H and O–H groups in total. The van der Waals surface area contributed by atoms with E-state index in [1.165, 1.54) is 19.3 Å². The van der Waals surface area contributed by atoms with Crippen LogP contribution in [0, 0.1) is 11.8 Å². The zero-order valence-corrected chi connectivity index (χ0v) is 14.8. The van der Waals surface area contributed by atoms with E-state index in [1.807, 2.05) is 17.0 Å². The van der Waals surface area contributed by atoms with Crippen molar-refractivity contribution >= 4 is 11.8 Å². The van der Waals surface area contributed by atoms with Crippen molar-refractivity contribution in [3.63, 3.8) is 0 Å². The highest BCUT2D eigenvalue weighted by molar-refractivity contribution is 5.84. The van der Waals surface area contributed by atoms with Gasteiger partial charge in [-0.1, -0.05) is 19.3 Å². The standard InChI is InChI=1S/C20H28N2O3/c23-19(21-15-7-2-1-3-8-15)14-6-4-10-22(13-14)20(24)17-12-16(17)18-9-5-11-25-18/h5,9,11,14-17H,1-4,6-8,10,12-13H2,(H,21,23)/t14-,16-,17+/m1/s1. The molecule has 2 heterocycles. The topological polar surface area (TPSA) is 62.6 Å². The second-order valence-electron chi connectivity index (χ2n) is 7.93. The first-order valence-electron chi connectivity index (χ1n) is 9.85. The fraction of sp³-hybridized carbons (Fsp3) is 0.700. The smallest absolute Gasteiger partial charge is 0.226 e. The van der Waals surface area contributed by atoms with E-state index in [1.54, 1.807) is 6.26 Å². The molecule has 2 aliphatic carbocycles. The first-order chi connectivity index (χ1) is 12.2. The number of carbonyl (C=O) groups excluding carboxylic acids is 2. The number of piperidine rings is 1. The Morgan fingerprint density at radius 3 is 2.72 bits per heavy atom. The van der Waals surface area contributed by atoms with Crippen LogP contribution in [0.25, 0.3) is 0 Å². The zero-order valence-electron chi connectivity index (χ0n) is 14.8. The molecule has 0 spiro atoms. The molecule has 136 valence electrons. The summed E-state index contributed by atoms with van der Waals surface area (Å²) >= 11 is 0. The molecule has 1 aliphatic heterocycles. The molecular weight excluding hydrogens is 316 g/mol. The summed E-state index contributed by atoms with van der Waals surface area (Å²) in [4.78, 5) is 27.3. The Labute approximate surface area is 149 Å². The van der Waals surface area contributed by atoms with Crippen molar-refractivity contribution in [2.75, 3.05) is 13.1 Å². The maximum Gasteiger partial charge on any atom is 0.226 e. The summed E-state index contributed by atoms with van der Waals surface area (Å²) in [7, 11) is 0. The van der Waals surface area contributed by atoms with E-state index >= 15 is 0 Å². The number of nitrogens with one attached hydrogen (secondary N) is 1. The molecule has 3 atom stereocenters. The van der Waals surface area contributed by atoms with Gasteiger partial charge < -0.3 is 14.6 Å². The number of amides is 2. The van der Waals surface area contributed by atoms with Crippen molar-refractivity contribution in [1.29, 1.82) is 0 Å². The number of hydrogen-bond acceptors (Lipinski definition) is 3. The third-order valence-corrected chi connectivity index (χ3v) is 6.07. The maximum atomic E-state index is 12.8. The molecule has 5 heteroatoms. The van der Waals surface area contributed by atoms with Gasteiger partial charge in [0.1, 0.15) is 5.76 Å². The Balaban J connectivity index is 1.30. The Morgan fingerprint density at radius 1 is 1.12 bits per heavy atom. The summed E-state index contributed by atoms with van der Waals surface area (Å²) in [5, 5.41) is 3.23. The van der Waals surface area contributed by atoms with E-state index in [9.17, 15) is 9.59 Å². The number of furan rings is 1. The highest BCUT2D eigenvalue weighted by atomic mass is 16.3. The Bertz CT molecular complexity index is 606. The average molecular weight is 344 g/mol. The molecule has 0 radical (unpaired) electrons. The van der Waals surface area contributed by atoms with E-state index in [0.717, 1.165) is 44.4 Å². The highest BCUT2D eigenvalue weighted by Crippen LogP contribution is 2.48. The van der Waals surface area contributed by atoms with Crippen molar-refractivity contribution in [3.8, 4) is 0 Å². The molecule has 0 unspecified atom stereocenters. The van der Waals surface area contributed by atoms with E-state index < -0.39 is 0 Å². The van der Waals surface area contributed by atoms with Crippen LogP contribution in [0.5, 0.6) is 0 Å². The maximum absolute atomic E-state index is 12.8. The minimum atomic E-state index is -0.0413. The Morgan fingerprint density at radius 2 is 1.96 bits per heavy atom. The van der Waals surface area contributed by atoms with Gasteiger partial charge in [-0.2, -0.15) is 0 Å². The van der Waals surface area contributed by atoms with Crippen LogP contribution in [0.1, 0.15) is 63.0 Å². The number of rotatable bonds is 4. The fourth-order valence-corrected chi connectivity index (χ4v) is 4.48. The van der Waals surface area contributed by atoms with Crippen molar-refractivity contribution < 1.29 is 14.0 Å². The van der Waals surface area contributed by atoms with Gasteiger partial charge in [-0.05, 0) is 44.2 Å². The van der Waals surface area contributed by atoms with Crippen molar-refractivity contribution in [3.05, 3.63) is 24.2 Å². The fourth-order valence-electron chi connectivity index (χ4n) is 4.48. The average Bonchev–Trinajstić information content (AvgIpc) is 3.26. The van der Waals surface area contributed by atoms with Gasteiger partial charge in [0.15, 0.2) is 0 Å². The van der Waals surface area contributed by atoms with E-state index in [0.29, 0.717) is 12.6 Å². The van der Waals surface area contributed by atoms with Crippen LogP contribution >= 0.6 is 0 Å². The normalized spacial score (nSPS) is 30.1. The predicted octanol–water partition coefficient (Wildman–Crippen LogP) is 3.07. The van der Waals surface area contributed by atoms with Crippen molar-refractivity contribution in [1.82, 2.24) is 10.2 Å². The Hall–Kier alpha value is -1.78. The molecule has 3 aliphatic rings. The quantitative estimate of drug-likeness (QED) is 0.913. The lowest BCUT2D eigenvalue weighted by Crippen LogP contribution is -2.48. The summed E-state index contributed by atoms with van der Waals surface area (Å²) in [6.07, 6.45) is 10.3. The highest BCUT2D eigenvalue weighted by Gasteiger charge is 2.48. The minimum absolute atomic E-state index is 0.0413. The molecule has 5 nitrogen and oxygen atoms in total. The number of carbonyl (C=O) groups is 2. The second kappa shape index (κ2) is 7.22. The lowest BCUT2D eigenvalue weighted by molar-refractivity contribution is -0.137. The van der Waals surface area contributed by atoms with Crippen LogP contribution in [0.2, 0.25) is 0 Å². The molecule has 1 aromatic rings. The number of nitrogens with zero attached hydrogens (tertiary/aromatic N) is 1. The van der Waals surface area contributed by atoms with Gasteiger partial charge in [0.05, 0.1) is 12.2 Å². The second-order valence-corrected chi connectivity index (χ2v) is 7.93. The van der Waals surface area contributed by atoms with Crippen LogP contribution in [0.15, 0.2) is 22.8 Å². The number of hydrogen-bond donors (Lipinski definition) is 1. The summed E-state index contributed by atoms with van der Waals surface area (Å²) < 4.78 is 5.43. The Kier molecular flexibility index (Phi) is 4.82. The molecule has 3 fully saturated rings. The SMILES string of the molecule is O=C(NC1CCCCC1)[C@@H]1CCCN(C(=O)[C@H]2C[C@H]2c2ccco2)C1. The van der Waals surface area contributed by atoms with Crippen LogP contribution in [0.4, 0.5) is 0 Å². The molecule has 25 heavy (non-hydrogen) atoms. The molecular formula is C20H28N2O3. The van der Waals surface area contributed by atoms with E-state index in [-0.39, 0.29) is 29.6 Å². The molecule has 2 saturated carbocycles. The minimum Gasteiger partial charge on any atom is -0.469 e. The molecule has 1 aromatic heterocycles. The van der Waals surface area contributed by atoms with Crippen LogP contribution in [-0.2, 0) is 9.59 Å². The van der Waals surface area contributed by atoms with E-state index in [4.69, 9.17) is 4.42 Å². The summed E-state index contributed by atoms with van der Waals surface area (Å²) in [6, 6.07) is 4.18. The van der Waals surface area contributed by atoms with Gasteiger partial charge in [0.2, 0.25) is 11.8 Å². The molecule has 1 saturated heterocycles. The van der Waals surface area contributed by atoms with Gasteiger partial charge in [-0.3, -0.25) is 9.59 Å². The summed E-state index contributed by atoms with van der Waals surface area (Å²) in [6.45, 7) is 1.37. The van der Waals surface area contributed by atoms with Gasteiger partial charge in [0.25, 0.3) is 0 Å². The summed E-state index contributed by atoms with van der Waals surface area (Å²) in [5.41, 5.74) is 0. The largest absolute Gasteiger partial charge is 0.469 e. The van der Waals surface area contributed by atoms with E-state index in [2.05, 4.69) is 5.32 Å². The van der Waals surface area contributed by atoms with Gasteiger partial charge >= 0.3 is 0 Å². The van der Waals surface area contributed by atoms with Gasteiger partial charge in [0, 0.05) is 31.0 Å². The molecule has 0 bridgehead atoms. The van der Waals surface area contributed by atoms with Crippen LogP contribution in [0.3, 0.4) is 0 Å². The lowest BCUT2D eigenvalue weighted by Gasteiger charge is -2.33. The first kappa shape index (κ1) is 16.7. The van der Waals surface area contributed by atoms with Crippen molar-refractivity contribution in [2.24, 2.45) is 11.8 Å². The molecule has 0 aromatic carbocycles. The monoisotopic (exact) mass is 344 g/mol. The predicted molar refractivity (Wildman–Crippen MR) is 93.9 cm³/mol. The first-order valence-corrected chi connectivity index (χ1v) is 9.85.